The highest BCUT2D eigenvalue weighted by molar-refractivity contribution is 6.42. The van der Waals surface area contributed by atoms with Crippen LogP contribution >= 0.6 is 23.2 Å². The van der Waals surface area contributed by atoms with Gasteiger partial charge in [-0.1, -0.05) is 42.1 Å². The second-order valence-electron chi connectivity index (χ2n) is 5.77. The Hall–Kier alpha value is -0.240. The van der Waals surface area contributed by atoms with Crippen LogP contribution < -0.4 is 0 Å². The van der Waals surface area contributed by atoms with Gasteiger partial charge >= 0.3 is 0 Å². The van der Waals surface area contributed by atoms with Gasteiger partial charge in [-0.25, -0.2) is 0 Å². The van der Waals surface area contributed by atoms with Crippen molar-refractivity contribution in [1.82, 2.24) is 4.90 Å². The molecule has 3 heteroatoms. The van der Waals surface area contributed by atoms with E-state index in [4.69, 9.17) is 23.2 Å². The summed E-state index contributed by atoms with van der Waals surface area (Å²) in [6, 6.07) is 6.67. The van der Waals surface area contributed by atoms with E-state index in [1.54, 1.807) is 0 Å². The number of likely N-dealkylation sites (tertiary alicyclic amines) is 1. The molecular formula is C15H19Cl2N. The first kappa shape index (κ1) is 12.8. The smallest absolute Gasteiger partial charge is 0.0595 e. The zero-order valence-electron chi connectivity index (χ0n) is 10.7. The summed E-state index contributed by atoms with van der Waals surface area (Å²) in [6.45, 7) is 1.23. The van der Waals surface area contributed by atoms with E-state index in [0.29, 0.717) is 16.1 Å². The van der Waals surface area contributed by atoms with Crippen LogP contribution in [0.25, 0.3) is 0 Å². The molecule has 3 atom stereocenters. The van der Waals surface area contributed by atoms with Crippen molar-refractivity contribution in [2.24, 2.45) is 11.8 Å². The van der Waals surface area contributed by atoms with Crippen molar-refractivity contribution in [2.75, 3.05) is 13.6 Å². The lowest BCUT2D eigenvalue weighted by Crippen LogP contribution is -2.22. The topological polar surface area (TPSA) is 3.24 Å². The van der Waals surface area contributed by atoms with E-state index in [1.807, 2.05) is 6.07 Å². The zero-order chi connectivity index (χ0) is 12.7. The first-order valence-corrected chi connectivity index (χ1v) is 7.57. The van der Waals surface area contributed by atoms with Crippen molar-refractivity contribution in [1.29, 1.82) is 0 Å². The molecule has 18 heavy (non-hydrogen) atoms. The molecule has 0 spiro atoms. The minimum absolute atomic E-state index is 0.532. The molecule has 3 rings (SSSR count). The Morgan fingerprint density at radius 2 is 1.89 bits per heavy atom. The molecule has 1 nitrogen and oxygen atoms in total. The van der Waals surface area contributed by atoms with Gasteiger partial charge in [0.15, 0.2) is 0 Å². The Morgan fingerprint density at radius 3 is 2.67 bits per heavy atom. The summed E-state index contributed by atoms with van der Waals surface area (Å²) in [4.78, 5) is 2.50. The minimum Gasteiger partial charge on any atom is -0.299 e. The lowest BCUT2D eigenvalue weighted by Gasteiger charge is -2.30. The average molecular weight is 284 g/mol. The molecule has 0 aromatic heterocycles. The Bertz CT molecular complexity index is 446. The highest BCUT2D eigenvalue weighted by Gasteiger charge is 2.41. The van der Waals surface area contributed by atoms with Gasteiger partial charge < -0.3 is 0 Å². The SMILES string of the molecule is CN1CC2CCCCC2C1c1ccc(Cl)c(Cl)c1. The van der Waals surface area contributed by atoms with Gasteiger partial charge in [-0.15, -0.1) is 0 Å². The van der Waals surface area contributed by atoms with Crippen LogP contribution in [0.3, 0.4) is 0 Å². The standard InChI is InChI=1S/C15H19Cl2N/c1-18-9-11-4-2-3-5-12(11)15(18)10-6-7-13(16)14(17)8-10/h6-8,11-12,15H,2-5,9H2,1H3. The third kappa shape index (κ3) is 2.17. The maximum absolute atomic E-state index is 6.16. The number of fused-ring (bicyclic) bond motifs is 1. The van der Waals surface area contributed by atoms with Gasteiger partial charge in [0, 0.05) is 12.6 Å². The maximum Gasteiger partial charge on any atom is 0.0595 e. The van der Waals surface area contributed by atoms with E-state index in [1.165, 1.54) is 37.8 Å². The average Bonchev–Trinajstić information content (AvgIpc) is 2.69. The van der Waals surface area contributed by atoms with Crippen molar-refractivity contribution in [3.05, 3.63) is 33.8 Å². The summed E-state index contributed by atoms with van der Waals surface area (Å²) in [5, 5.41) is 1.34. The molecule has 1 saturated heterocycles. The normalized spacial score (nSPS) is 32.5. The van der Waals surface area contributed by atoms with Crippen molar-refractivity contribution in [3.8, 4) is 0 Å². The van der Waals surface area contributed by atoms with Crippen LogP contribution in [0.4, 0.5) is 0 Å². The Balaban J connectivity index is 1.91. The molecule has 1 aliphatic carbocycles. The number of halogens is 2. The first-order chi connectivity index (χ1) is 8.66. The molecule has 1 aliphatic heterocycles. The highest BCUT2D eigenvalue weighted by Crippen LogP contribution is 2.47. The van der Waals surface area contributed by atoms with Gasteiger partial charge in [0.25, 0.3) is 0 Å². The quantitative estimate of drug-likeness (QED) is 0.717. The van der Waals surface area contributed by atoms with E-state index >= 15 is 0 Å². The fourth-order valence-electron chi connectivity index (χ4n) is 3.89. The number of hydrogen-bond acceptors (Lipinski definition) is 1. The third-order valence-electron chi connectivity index (χ3n) is 4.66. The van der Waals surface area contributed by atoms with Crippen LogP contribution in [0.5, 0.6) is 0 Å². The molecule has 1 aromatic carbocycles. The monoisotopic (exact) mass is 283 g/mol. The van der Waals surface area contributed by atoms with Crippen molar-refractivity contribution < 1.29 is 0 Å². The lowest BCUT2D eigenvalue weighted by atomic mass is 9.77. The van der Waals surface area contributed by atoms with Crippen molar-refractivity contribution in [3.63, 3.8) is 0 Å². The second kappa shape index (κ2) is 5.03. The molecule has 2 fully saturated rings. The van der Waals surface area contributed by atoms with Crippen molar-refractivity contribution >= 4 is 23.2 Å². The molecule has 98 valence electrons. The van der Waals surface area contributed by atoms with E-state index < -0.39 is 0 Å². The van der Waals surface area contributed by atoms with Crippen LogP contribution in [0.2, 0.25) is 10.0 Å². The predicted molar refractivity (Wildman–Crippen MR) is 77.3 cm³/mol. The summed E-state index contributed by atoms with van der Waals surface area (Å²) in [6.07, 6.45) is 5.54. The highest BCUT2D eigenvalue weighted by atomic mass is 35.5. The number of hydrogen-bond donors (Lipinski definition) is 0. The summed E-state index contributed by atoms with van der Waals surface area (Å²) in [5.41, 5.74) is 1.33. The Kier molecular flexibility index (Phi) is 3.57. The zero-order valence-corrected chi connectivity index (χ0v) is 12.2. The van der Waals surface area contributed by atoms with Gasteiger partial charge in [-0.05, 0) is 49.4 Å². The molecule has 1 aromatic rings. The van der Waals surface area contributed by atoms with Crippen LogP contribution in [0, 0.1) is 11.8 Å². The molecule has 2 aliphatic rings. The van der Waals surface area contributed by atoms with Gasteiger partial charge in [0.2, 0.25) is 0 Å². The predicted octanol–water partition coefficient (Wildman–Crippen LogP) is 4.79. The minimum atomic E-state index is 0.532. The molecule has 1 heterocycles. The molecule has 1 saturated carbocycles. The number of rotatable bonds is 1. The fourth-order valence-corrected chi connectivity index (χ4v) is 4.19. The summed E-state index contributed by atoms with van der Waals surface area (Å²) in [7, 11) is 2.24. The van der Waals surface area contributed by atoms with Gasteiger partial charge in [-0.3, -0.25) is 4.90 Å². The van der Waals surface area contributed by atoms with Crippen LogP contribution in [0.1, 0.15) is 37.3 Å². The summed E-state index contributed by atoms with van der Waals surface area (Å²) < 4.78 is 0. The molecule has 3 unspecified atom stereocenters. The van der Waals surface area contributed by atoms with E-state index in [9.17, 15) is 0 Å². The summed E-state index contributed by atoms with van der Waals surface area (Å²) in [5.74, 6) is 1.68. The van der Waals surface area contributed by atoms with E-state index in [2.05, 4.69) is 24.1 Å². The van der Waals surface area contributed by atoms with Crippen LogP contribution in [0.15, 0.2) is 18.2 Å². The lowest BCUT2D eigenvalue weighted by molar-refractivity contribution is 0.239. The Labute approximate surface area is 119 Å². The summed E-state index contributed by atoms with van der Waals surface area (Å²) >= 11 is 12.2. The first-order valence-electron chi connectivity index (χ1n) is 6.82. The Morgan fingerprint density at radius 1 is 1.11 bits per heavy atom. The van der Waals surface area contributed by atoms with Gasteiger partial charge in [-0.2, -0.15) is 0 Å². The van der Waals surface area contributed by atoms with Crippen molar-refractivity contribution in [2.45, 2.75) is 31.7 Å². The van der Waals surface area contributed by atoms with Crippen LogP contribution in [-0.2, 0) is 0 Å². The molecular weight excluding hydrogens is 265 g/mol. The maximum atomic E-state index is 6.16. The number of nitrogens with zero attached hydrogens (tertiary/aromatic N) is 1. The van der Waals surface area contributed by atoms with E-state index in [-0.39, 0.29) is 0 Å². The van der Waals surface area contributed by atoms with Gasteiger partial charge in [0.1, 0.15) is 0 Å². The second-order valence-corrected chi connectivity index (χ2v) is 6.58. The fraction of sp³-hybridized carbons (Fsp3) is 0.600. The molecule has 0 N–H and O–H groups in total. The molecule has 0 radical (unpaired) electrons. The third-order valence-corrected chi connectivity index (χ3v) is 5.39. The van der Waals surface area contributed by atoms with Gasteiger partial charge in [0.05, 0.1) is 10.0 Å². The molecule has 0 amide bonds. The van der Waals surface area contributed by atoms with E-state index in [0.717, 1.165) is 11.8 Å². The van der Waals surface area contributed by atoms with Crippen LogP contribution in [-0.4, -0.2) is 18.5 Å². The largest absolute Gasteiger partial charge is 0.299 e. The molecule has 0 bridgehead atoms. The number of benzene rings is 1.